The van der Waals surface area contributed by atoms with Crippen molar-refractivity contribution in [1.82, 2.24) is 30.1 Å². The van der Waals surface area contributed by atoms with Crippen molar-refractivity contribution in [3.05, 3.63) is 55.2 Å². The molecule has 5 heterocycles. The normalized spacial score (nSPS) is 15.0. The number of aromatic amines is 2. The van der Waals surface area contributed by atoms with Crippen LogP contribution in [0, 0.1) is 0 Å². The fourth-order valence-electron chi connectivity index (χ4n) is 4.38. The molecule has 7 heteroatoms. The number of fused-ring (bicyclic) bond motifs is 2. The van der Waals surface area contributed by atoms with E-state index in [9.17, 15) is 0 Å². The average Bonchev–Trinajstić information content (AvgIpc) is 3.43. The lowest BCUT2D eigenvalue weighted by Crippen LogP contribution is -2.19. The summed E-state index contributed by atoms with van der Waals surface area (Å²) in [7, 11) is 0. The SMILES string of the molecule is c1cc2cc(-c3n[nH]c4cnc(-c5cncc(OC6CCCCC6)c5)cc34)[nH]c2cn1. The Morgan fingerprint density at radius 2 is 1.84 bits per heavy atom. The second-order valence-electron chi connectivity index (χ2n) is 8.12. The molecule has 7 nitrogen and oxygen atoms in total. The molecule has 0 amide bonds. The van der Waals surface area contributed by atoms with Crippen molar-refractivity contribution in [1.29, 1.82) is 0 Å². The topological polar surface area (TPSA) is 92.4 Å². The molecule has 1 aliphatic carbocycles. The van der Waals surface area contributed by atoms with Crippen LogP contribution in [0.5, 0.6) is 5.75 Å². The average molecular weight is 410 g/mol. The highest BCUT2D eigenvalue weighted by Gasteiger charge is 2.16. The number of rotatable bonds is 4. The Balaban J connectivity index is 1.36. The summed E-state index contributed by atoms with van der Waals surface area (Å²) >= 11 is 0. The molecule has 5 aromatic rings. The van der Waals surface area contributed by atoms with E-state index in [0.29, 0.717) is 6.10 Å². The van der Waals surface area contributed by atoms with Gasteiger partial charge in [-0.25, -0.2) is 0 Å². The third-order valence-corrected chi connectivity index (χ3v) is 5.99. The van der Waals surface area contributed by atoms with Gasteiger partial charge in [-0.1, -0.05) is 6.42 Å². The first-order valence-electron chi connectivity index (χ1n) is 10.7. The number of nitrogens with one attached hydrogen (secondary N) is 2. The lowest BCUT2D eigenvalue weighted by atomic mass is 9.98. The van der Waals surface area contributed by atoms with Crippen LogP contribution in [0.2, 0.25) is 0 Å². The molecule has 1 fully saturated rings. The van der Waals surface area contributed by atoms with Crippen LogP contribution in [0.15, 0.2) is 55.2 Å². The smallest absolute Gasteiger partial charge is 0.138 e. The summed E-state index contributed by atoms with van der Waals surface area (Å²) in [6, 6.07) is 8.16. The van der Waals surface area contributed by atoms with Crippen LogP contribution in [0.25, 0.3) is 44.5 Å². The number of hydrogen-bond donors (Lipinski definition) is 2. The number of hydrogen-bond acceptors (Lipinski definition) is 5. The van der Waals surface area contributed by atoms with Gasteiger partial charge >= 0.3 is 0 Å². The van der Waals surface area contributed by atoms with Gasteiger partial charge in [0.2, 0.25) is 0 Å². The minimum absolute atomic E-state index is 0.290. The van der Waals surface area contributed by atoms with Gasteiger partial charge in [-0.3, -0.25) is 20.1 Å². The van der Waals surface area contributed by atoms with E-state index in [1.54, 1.807) is 12.4 Å². The summed E-state index contributed by atoms with van der Waals surface area (Å²) in [5.74, 6) is 0.807. The van der Waals surface area contributed by atoms with Crippen molar-refractivity contribution in [2.45, 2.75) is 38.2 Å². The number of H-pyrrole nitrogens is 2. The van der Waals surface area contributed by atoms with E-state index in [2.05, 4.69) is 42.3 Å². The van der Waals surface area contributed by atoms with Gasteiger partial charge in [-0.15, -0.1) is 0 Å². The molecule has 0 aromatic carbocycles. The van der Waals surface area contributed by atoms with E-state index in [1.165, 1.54) is 19.3 Å². The van der Waals surface area contributed by atoms with Gasteiger partial charge in [-0.05, 0) is 49.9 Å². The monoisotopic (exact) mass is 410 g/mol. The third kappa shape index (κ3) is 3.42. The number of aromatic nitrogens is 6. The Morgan fingerprint density at radius 3 is 2.74 bits per heavy atom. The van der Waals surface area contributed by atoms with Crippen LogP contribution in [0.3, 0.4) is 0 Å². The predicted molar refractivity (Wildman–Crippen MR) is 120 cm³/mol. The van der Waals surface area contributed by atoms with Crippen molar-refractivity contribution in [2.75, 3.05) is 0 Å². The van der Waals surface area contributed by atoms with E-state index >= 15 is 0 Å². The maximum absolute atomic E-state index is 6.20. The zero-order valence-corrected chi connectivity index (χ0v) is 17.0. The van der Waals surface area contributed by atoms with Crippen molar-refractivity contribution >= 4 is 21.8 Å². The first-order chi connectivity index (χ1) is 15.3. The molecule has 0 spiro atoms. The molecule has 2 N–H and O–H groups in total. The van der Waals surface area contributed by atoms with Crippen LogP contribution < -0.4 is 4.74 Å². The Labute approximate surface area is 178 Å². The highest BCUT2D eigenvalue weighted by molar-refractivity contribution is 5.96. The molecule has 1 saturated carbocycles. The molecule has 31 heavy (non-hydrogen) atoms. The molecule has 6 rings (SSSR count). The summed E-state index contributed by atoms with van der Waals surface area (Å²) in [6.07, 6.45) is 15.4. The van der Waals surface area contributed by atoms with Crippen LogP contribution in [-0.4, -0.2) is 36.2 Å². The zero-order valence-electron chi connectivity index (χ0n) is 17.0. The molecule has 0 saturated heterocycles. The molecule has 0 radical (unpaired) electrons. The quantitative estimate of drug-likeness (QED) is 0.421. The van der Waals surface area contributed by atoms with Crippen LogP contribution in [0.1, 0.15) is 32.1 Å². The molecule has 154 valence electrons. The van der Waals surface area contributed by atoms with Gasteiger partial charge in [0, 0.05) is 28.7 Å². The Kier molecular flexibility index (Phi) is 4.37. The van der Waals surface area contributed by atoms with Gasteiger partial charge in [0.25, 0.3) is 0 Å². The van der Waals surface area contributed by atoms with Gasteiger partial charge < -0.3 is 9.72 Å². The first kappa shape index (κ1) is 18.1. The standard InChI is InChI=1S/C24H22N6O/c1-2-4-17(5-3-1)31-18-8-16(11-26-12-18)20-10-19-23(14-27-20)29-30-24(19)21-9-15-6-7-25-13-22(15)28-21/h6-14,17,28H,1-5H2,(H,29,30). The number of pyridine rings is 3. The van der Waals surface area contributed by atoms with E-state index in [0.717, 1.165) is 63.0 Å². The maximum atomic E-state index is 6.20. The second-order valence-corrected chi connectivity index (χ2v) is 8.12. The molecule has 0 atom stereocenters. The van der Waals surface area contributed by atoms with Gasteiger partial charge in [0.05, 0.1) is 47.1 Å². The summed E-state index contributed by atoms with van der Waals surface area (Å²) in [4.78, 5) is 16.6. The van der Waals surface area contributed by atoms with Crippen molar-refractivity contribution in [3.63, 3.8) is 0 Å². The molecule has 0 unspecified atom stereocenters. The molecular weight excluding hydrogens is 388 g/mol. The second kappa shape index (κ2) is 7.50. The third-order valence-electron chi connectivity index (χ3n) is 5.99. The van der Waals surface area contributed by atoms with Crippen LogP contribution >= 0.6 is 0 Å². The van der Waals surface area contributed by atoms with E-state index in [4.69, 9.17) is 4.74 Å². The molecule has 0 bridgehead atoms. The van der Waals surface area contributed by atoms with E-state index in [-0.39, 0.29) is 0 Å². The summed E-state index contributed by atoms with van der Waals surface area (Å²) < 4.78 is 6.20. The lowest BCUT2D eigenvalue weighted by molar-refractivity contribution is 0.154. The molecule has 5 aromatic heterocycles. The lowest BCUT2D eigenvalue weighted by Gasteiger charge is -2.22. The predicted octanol–water partition coefficient (Wildman–Crippen LogP) is 5.27. The molecular formula is C24H22N6O. The fraction of sp³-hybridized carbons (Fsp3) is 0.250. The number of nitrogens with zero attached hydrogens (tertiary/aromatic N) is 4. The van der Waals surface area contributed by atoms with E-state index in [1.807, 2.05) is 30.7 Å². The van der Waals surface area contributed by atoms with Crippen LogP contribution in [0.4, 0.5) is 0 Å². The first-order valence-corrected chi connectivity index (χ1v) is 10.7. The van der Waals surface area contributed by atoms with E-state index < -0.39 is 0 Å². The fourth-order valence-corrected chi connectivity index (χ4v) is 4.38. The largest absolute Gasteiger partial charge is 0.489 e. The Hall–Kier alpha value is -3.74. The molecule has 1 aliphatic rings. The van der Waals surface area contributed by atoms with Gasteiger partial charge in [-0.2, -0.15) is 5.10 Å². The minimum Gasteiger partial charge on any atom is -0.489 e. The van der Waals surface area contributed by atoms with Crippen molar-refractivity contribution in [2.24, 2.45) is 0 Å². The van der Waals surface area contributed by atoms with Gasteiger partial charge in [0.1, 0.15) is 11.4 Å². The van der Waals surface area contributed by atoms with Crippen molar-refractivity contribution < 1.29 is 4.74 Å². The number of ether oxygens (including phenoxy) is 1. The maximum Gasteiger partial charge on any atom is 0.138 e. The Bertz CT molecular complexity index is 1330. The molecule has 0 aliphatic heterocycles. The summed E-state index contributed by atoms with van der Waals surface area (Å²) in [5.41, 5.74) is 5.45. The van der Waals surface area contributed by atoms with Crippen LogP contribution in [-0.2, 0) is 0 Å². The Morgan fingerprint density at radius 1 is 0.903 bits per heavy atom. The summed E-state index contributed by atoms with van der Waals surface area (Å²) in [5, 5.41) is 9.73. The minimum atomic E-state index is 0.290. The zero-order chi connectivity index (χ0) is 20.6. The highest BCUT2D eigenvalue weighted by atomic mass is 16.5. The van der Waals surface area contributed by atoms with Gasteiger partial charge in [0.15, 0.2) is 0 Å². The highest BCUT2D eigenvalue weighted by Crippen LogP contribution is 2.31. The summed E-state index contributed by atoms with van der Waals surface area (Å²) in [6.45, 7) is 0. The van der Waals surface area contributed by atoms with Crippen molar-refractivity contribution in [3.8, 4) is 28.4 Å².